The molecule has 0 aliphatic carbocycles. The molecule has 0 amide bonds. The highest BCUT2D eigenvalue weighted by atomic mass is 15.4. The second-order valence-corrected chi connectivity index (χ2v) is 28.6. The number of aromatic nitrogens is 6. The van der Waals surface area contributed by atoms with Crippen LogP contribution in [-0.2, 0) is 42.3 Å². The topological polar surface area (TPSA) is 36.2 Å². The van der Waals surface area contributed by atoms with Crippen LogP contribution >= 0.6 is 0 Å². The van der Waals surface area contributed by atoms with Crippen LogP contribution in [0.3, 0.4) is 0 Å². The summed E-state index contributed by atoms with van der Waals surface area (Å²) in [4.78, 5) is 9.54. The summed E-state index contributed by atoms with van der Waals surface area (Å²) >= 11 is 0. The highest BCUT2D eigenvalue weighted by Crippen LogP contribution is 2.39. The fourth-order valence-electron chi connectivity index (χ4n) is 15.5. The molecule has 10 heteroatoms. The first-order chi connectivity index (χ1) is 50.3. The maximum atomic E-state index is 2.39. The van der Waals surface area contributed by atoms with Gasteiger partial charge in [0.05, 0.1) is 10.9 Å². The van der Waals surface area contributed by atoms with E-state index in [9.17, 15) is 0 Å². The number of pyridine rings is 6. The molecular formula is C94H100N10+6. The number of benzene rings is 8. The SMILES string of the molecule is Cc1c(-c2cc3ccccc3c[n+]2C)cccc1-c1cc2ccccc2c[n+]1C.Cc1c(-c2cccc[n+]2C)cccc1-c1c2ccccc2cc[n+]1C.Cc1c(-c2cccc[n+]2C)cccc1-c1cc2ccccc2c[n+]1C.Cc1c(N2C=CN(C(C)C)[C@@H]2C)cccc1N1C=CN(C(C)C)[C@H]1C. The van der Waals surface area contributed by atoms with Gasteiger partial charge in [0.2, 0.25) is 34.2 Å². The molecule has 2 aliphatic heterocycles. The number of fused-ring (bicyclic) bond motifs is 4. The quantitative estimate of drug-likeness (QED) is 0.128. The Morgan fingerprint density at radius 1 is 0.279 bits per heavy atom. The molecule has 14 aromatic rings. The van der Waals surface area contributed by atoms with E-state index in [1.165, 1.54) is 144 Å². The first kappa shape index (κ1) is 70.8. The summed E-state index contributed by atoms with van der Waals surface area (Å²) in [5.74, 6) is 0. The third-order valence-corrected chi connectivity index (χ3v) is 21.3. The molecule has 104 heavy (non-hydrogen) atoms. The van der Waals surface area contributed by atoms with E-state index in [1.54, 1.807) is 0 Å². The molecular weight excluding hydrogens is 1270 g/mol. The molecule has 2 atom stereocenters. The van der Waals surface area contributed by atoms with Crippen molar-refractivity contribution in [1.29, 1.82) is 0 Å². The third-order valence-electron chi connectivity index (χ3n) is 21.3. The van der Waals surface area contributed by atoms with Gasteiger partial charge in [-0.15, -0.1) is 0 Å². The average Bonchev–Trinajstić information content (AvgIpc) is 1.61. The van der Waals surface area contributed by atoms with E-state index in [0.717, 1.165) is 0 Å². The average molecular weight is 1370 g/mol. The molecule has 10 nitrogen and oxygen atoms in total. The summed E-state index contributed by atoms with van der Waals surface area (Å²) in [6, 6.07) is 83.3. The van der Waals surface area contributed by atoms with Crippen molar-refractivity contribution >= 4 is 54.5 Å². The lowest BCUT2D eigenvalue weighted by molar-refractivity contribution is -0.660. The number of rotatable bonds is 10. The molecule has 0 spiro atoms. The van der Waals surface area contributed by atoms with Crippen LogP contribution in [0.25, 0.3) is 111 Å². The monoisotopic (exact) mass is 1370 g/mol. The molecule has 0 saturated carbocycles. The zero-order valence-electron chi connectivity index (χ0n) is 63.5. The van der Waals surface area contributed by atoms with Gasteiger partial charge < -0.3 is 19.6 Å². The second kappa shape index (κ2) is 30.5. The maximum absolute atomic E-state index is 2.39. The Kier molecular flexibility index (Phi) is 20.8. The normalized spacial score (nSPS) is 14.0. The molecule has 16 rings (SSSR count). The van der Waals surface area contributed by atoms with Gasteiger partial charge >= 0.3 is 0 Å². The smallest absolute Gasteiger partial charge is 0.220 e. The van der Waals surface area contributed by atoms with Crippen LogP contribution in [0.15, 0.2) is 293 Å². The van der Waals surface area contributed by atoms with E-state index in [2.05, 4.69) is 451 Å². The van der Waals surface area contributed by atoms with E-state index in [1.807, 2.05) is 0 Å². The van der Waals surface area contributed by atoms with Crippen LogP contribution in [-0.4, -0.2) is 34.2 Å². The van der Waals surface area contributed by atoms with Crippen molar-refractivity contribution in [3.63, 3.8) is 0 Å². The van der Waals surface area contributed by atoms with Gasteiger partial charge in [0, 0.05) is 141 Å². The van der Waals surface area contributed by atoms with Crippen molar-refractivity contribution < 1.29 is 27.4 Å². The van der Waals surface area contributed by atoms with Crippen LogP contribution < -0.4 is 37.2 Å². The molecule has 520 valence electrons. The Morgan fingerprint density at radius 2 is 0.606 bits per heavy atom. The second-order valence-electron chi connectivity index (χ2n) is 28.6. The molecule has 0 radical (unpaired) electrons. The number of hydrogen-bond donors (Lipinski definition) is 0. The third kappa shape index (κ3) is 14.2. The van der Waals surface area contributed by atoms with Crippen molar-refractivity contribution in [3.05, 3.63) is 315 Å². The van der Waals surface area contributed by atoms with Crippen molar-refractivity contribution in [3.8, 4) is 67.5 Å². The number of anilines is 2. The minimum atomic E-state index is 0.340. The van der Waals surface area contributed by atoms with Gasteiger partial charge in [-0.2, -0.15) is 0 Å². The van der Waals surface area contributed by atoms with Crippen LogP contribution in [0.2, 0.25) is 0 Å². The summed E-state index contributed by atoms with van der Waals surface area (Å²) in [7, 11) is 12.7. The van der Waals surface area contributed by atoms with Gasteiger partial charge in [-0.1, -0.05) is 97.1 Å². The Balaban J connectivity index is 0.000000124. The van der Waals surface area contributed by atoms with Gasteiger partial charge in [-0.25, -0.2) is 27.4 Å². The van der Waals surface area contributed by atoms with Gasteiger partial charge in [-0.05, 0) is 198 Å². The number of nitrogens with zero attached hydrogens (tertiary/aromatic N) is 10. The lowest BCUT2D eigenvalue weighted by Gasteiger charge is -2.36. The predicted octanol–water partition coefficient (Wildman–Crippen LogP) is 18.2. The fourth-order valence-corrected chi connectivity index (χ4v) is 15.5. The Morgan fingerprint density at radius 3 is 0.981 bits per heavy atom. The summed E-state index contributed by atoms with van der Waals surface area (Å²) in [5.41, 5.74) is 22.8. The summed E-state index contributed by atoms with van der Waals surface area (Å²) in [5, 5.41) is 10.1. The van der Waals surface area contributed by atoms with Crippen LogP contribution in [0, 0.1) is 27.7 Å². The van der Waals surface area contributed by atoms with Crippen molar-refractivity contribution in [2.45, 2.75) is 93.7 Å². The molecule has 0 N–H and O–H groups in total. The Hall–Kier alpha value is -11.6. The maximum Gasteiger partial charge on any atom is 0.220 e. The minimum absolute atomic E-state index is 0.340. The molecule has 2 aliphatic rings. The molecule has 8 heterocycles. The first-order valence-electron chi connectivity index (χ1n) is 36.6. The molecule has 6 aromatic heterocycles. The Bertz CT molecular complexity index is 5410. The lowest BCUT2D eigenvalue weighted by atomic mass is 9.94. The first-order valence-corrected chi connectivity index (χ1v) is 36.6. The van der Waals surface area contributed by atoms with Gasteiger partial charge in [0.25, 0.3) is 0 Å². The Labute approximate surface area is 616 Å². The van der Waals surface area contributed by atoms with E-state index in [-0.39, 0.29) is 0 Å². The standard InChI is InChI=1S/C27H24N2.2C23H22N2.C21H32N4/c1-19-24(26-15-20-9-4-6-11-22(20)17-28(26)2)13-8-14-25(19)27-16-21-10-5-7-12-23(21)18-29(27)3;1-17-19(22-13-6-7-15-24(22)2)11-8-12-20(17)23-21-10-5-4-9-18(21)14-16-25(23)3;1-17-20(22-13-6-7-14-24(22)2)11-8-12-21(17)23-15-18-9-4-5-10-19(18)16-25(23)3;1-15(2)22-11-13-24(18(22)6)20-9-8-10-21(17(20)5)25-14-12-23(16(3)4)19(25)7/h4-18H,1-3H3;2*4-16H,1-3H3;8-16,18-19H,1-7H3/q3*+2;/t;;;18-,19+. The summed E-state index contributed by atoms with van der Waals surface area (Å²) in [6.45, 7) is 22.4. The molecule has 0 unspecified atom stereocenters. The van der Waals surface area contributed by atoms with Gasteiger partial charge in [0.15, 0.2) is 37.2 Å². The minimum Gasteiger partial charge on any atom is -0.353 e. The highest BCUT2D eigenvalue weighted by molar-refractivity contribution is 5.95. The fraction of sp³-hybridized carbons (Fsp3) is 0.213. The molecule has 0 saturated heterocycles. The van der Waals surface area contributed by atoms with Crippen molar-refractivity contribution in [2.75, 3.05) is 9.80 Å². The van der Waals surface area contributed by atoms with Crippen molar-refractivity contribution in [2.24, 2.45) is 42.3 Å². The van der Waals surface area contributed by atoms with Crippen molar-refractivity contribution in [1.82, 2.24) is 9.80 Å². The van der Waals surface area contributed by atoms with Gasteiger partial charge in [-0.3, -0.25) is 0 Å². The van der Waals surface area contributed by atoms with Crippen LogP contribution in [0.4, 0.5) is 11.4 Å². The number of aryl methyl sites for hydroxylation is 6. The van der Waals surface area contributed by atoms with E-state index >= 15 is 0 Å². The zero-order valence-corrected chi connectivity index (χ0v) is 63.5. The van der Waals surface area contributed by atoms with Crippen LogP contribution in [0.1, 0.15) is 63.8 Å². The number of hydrogen-bond acceptors (Lipinski definition) is 4. The van der Waals surface area contributed by atoms with E-state index in [0.29, 0.717) is 24.4 Å². The molecule has 8 aromatic carbocycles. The van der Waals surface area contributed by atoms with E-state index < -0.39 is 0 Å². The lowest BCUT2D eigenvalue weighted by Crippen LogP contribution is -2.41. The predicted molar refractivity (Wildman–Crippen MR) is 431 cm³/mol. The van der Waals surface area contributed by atoms with Gasteiger partial charge in [0.1, 0.15) is 54.6 Å². The van der Waals surface area contributed by atoms with Crippen LogP contribution in [0.5, 0.6) is 0 Å². The molecule has 0 bridgehead atoms. The largest absolute Gasteiger partial charge is 0.353 e. The molecule has 0 fully saturated rings. The zero-order chi connectivity index (χ0) is 73.0. The summed E-state index contributed by atoms with van der Waals surface area (Å²) < 4.78 is 13.3. The van der Waals surface area contributed by atoms with E-state index in [4.69, 9.17) is 0 Å². The highest BCUT2D eigenvalue weighted by Gasteiger charge is 2.31. The summed E-state index contributed by atoms with van der Waals surface area (Å²) in [6.07, 6.45) is 22.5.